The third-order valence-electron chi connectivity index (χ3n) is 3.57. The molecular formula is C18H17ClN2OS. The molecule has 0 spiro atoms. The van der Waals surface area contributed by atoms with E-state index in [2.05, 4.69) is 36.2 Å². The number of nitrogens with zero attached hydrogens (tertiary/aromatic N) is 2. The highest BCUT2D eigenvalue weighted by Crippen LogP contribution is 2.22. The van der Waals surface area contributed by atoms with Gasteiger partial charge in [0.2, 0.25) is 0 Å². The summed E-state index contributed by atoms with van der Waals surface area (Å²) in [6.07, 6.45) is 0. The van der Waals surface area contributed by atoms with Crippen molar-refractivity contribution >= 4 is 34.4 Å². The number of amides is 1. The Morgan fingerprint density at radius 2 is 2.09 bits per heavy atom. The molecule has 3 rings (SSSR count). The van der Waals surface area contributed by atoms with Crippen molar-refractivity contribution in [1.82, 2.24) is 4.90 Å². The van der Waals surface area contributed by atoms with E-state index < -0.39 is 0 Å². The Bertz CT molecular complexity index is 760. The highest BCUT2D eigenvalue weighted by molar-refractivity contribution is 8.13. The lowest BCUT2D eigenvalue weighted by atomic mass is 10.2. The minimum absolute atomic E-state index is 0.0412. The molecule has 3 nitrogen and oxygen atoms in total. The van der Waals surface area contributed by atoms with Gasteiger partial charge in [0.15, 0.2) is 5.17 Å². The minimum atomic E-state index is -0.0412. The predicted octanol–water partition coefficient (Wildman–Crippen LogP) is 4.39. The van der Waals surface area contributed by atoms with E-state index in [1.807, 2.05) is 0 Å². The molecule has 0 radical (unpaired) electrons. The van der Waals surface area contributed by atoms with Crippen LogP contribution in [-0.4, -0.2) is 29.1 Å². The third-order valence-corrected chi connectivity index (χ3v) is 4.89. The van der Waals surface area contributed by atoms with Gasteiger partial charge in [0, 0.05) is 22.9 Å². The Kier molecular flexibility index (Phi) is 5.03. The van der Waals surface area contributed by atoms with Crippen molar-refractivity contribution in [1.29, 1.82) is 0 Å². The van der Waals surface area contributed by atoms with Gasteiger partial charge in [-0.25, -0.2) is 0 Å². The average molecular weight is 345 g/mol. The SMILES string of the molecule is Cc1cccc(CSC2=NCCN2C(=O)c2cccc(Cl)c2)c1. The number of amidine groups is 1. The molecule has 0 saturated heterocycles. The molecule has 0 atom stereocenters. The Morgan fingerprint density at radius 1 is 1.26 bits per heavy atom. The van der Waals surface area contributed by atoms with Crippen LogP contribution in [0.4, 0.5) is 0 Å². The molecule has 0 bridgehead atoms. The first-order valence-corrected chi connectivity index (χ1v) is 8.80. The second kappa shape index (κ2) is 7.20. The first kappa shape index (κ1) is 16.1. The fourth-order valence-corrected chi connectivity index (χ4v) is 3.64. The van der Waals surface area contributed by atoms with Gasteiger partial charge in [-0.15, -0.1) is 0 Å². The number of carbonyl (C=O) groups excluding carboxylic acids is 1. The lowest BCUT2D eigenvalue weighted by Gasteiger charge is -2.18. The molecule has 0 aliphatic carbocycles. The lowest BCUT2D eigenvalue weighted by molar-refractivity contribution is 0.0860. The molecule has 2 aromatic rings. The van der Waals surface area contributed by atoms with Gasteiger partial charge in [-0.05, 0) is 30.7 Å². The second-order valence-electron chi connectivity index (χ2n) is 5.41. The molecule has 0 N–H and O–H groups in total. The zero-order valence-corrected chi connectivity index (χ0v) is 14.4. The molecule has 5 heteroatoms. The van der Waals surface area contributed by atoms with Crippen molar-refractivity contribution in [3.63, 3.8) is 0 Å². The van der Waals surface area contributed by atoms with Crippen molar-refractivity contribution in [2.45, 2.75) is 12.7 Å². The fraction of sp³-hybridized carbons (Fsp3) is 0.222. The van der Waals surface area contributed by atoms with Gasteiger partial charge in [0.1, 0.15) is 0 Å². The Hall–Kier alpha value is -1.78. The lowest BCUT2D eigenvalue weighted by Crippen LogP contribution is -2.32. The van der Waals surface area contributed by atoms with E-state index in [1.54, 1.807) is 40.9 Å². The number of rotatable bonds is 3. The fourth-order valence-electron chi connectivity index (χ4n) is 2.47. The maximum atomic E-state index is 12.6. The summed E-state index contributed by atoms with van der Waals surface area (Å²) in [6, 6.07) is 15.4. The van der Waals surface area contributed by atoms with Crippen molar-refractivity contribution < 1.29 is 4.79 Å². The van der Waals surface area contributed by atoms with Crippen LogP contribution in [0.25, 0.3) is 0 Å². The summed E-state index contributed by atoms with van der Waals surface area (Å²) in [4.78, 5) is 18.9. The first-order chi connectivity index (χ1) is 11.1. The molecule has 2 aromatic carbocycles. The predicted molar refractivity (Wildman–Crippen MR) is 97.3 cm³/mol. The van der Waals surface area contributed by atoms with Crippen LogP contribution in [0, 0.1) is 6.92 Å². The van der Waals surface area contributed by atoms with Crippen LogP contribution >= 0.6 is 23.4 Å². The zero-order chi connectivity index (χ0) is 16.2. The van der Waals surface area contributed by atoms with E-state index in [0.717, 1.165) is 10.9 Å². The number of hydrogen-bond donors (Lipinski definition) is 0. The second-order valence-corrected chi connectivity index (χ2v) is 6.79. The summed E-state index contributed by atoms with van der Waals surface area (Å²) in [7, 11) is 0. The van der Waals surface area contributed by atoms with Gasteiger partial charge in [-0.1, -0.05) is 59.3 Å². The molecule has 0 aromatic heterocycles. The van der Waals surface area contributed by atoms with Crippen LogP contribution in [0.1, 0.15) is 21.5 Å². The maximum Gasteiger partial charge on any atom is 0.259 e. The van der Waals surface area contributed by atoms with E-state index in [0.29, 0.717) is 23.7 Å². The average Bonchev–Trinajstić information content (AvgIpc) is 3.01. The summed E-state index contributed by atoms with van der Waals surface area (Å²) < 4.78 is 0. The third kappa shape index (κ3) is 3.95. The summed E-state index contributed by atoms with van der Waals surface area (Å²) in [5.74, 6) is 0.764. The molecule has 0 saturated carbocycles. The molecule has 23 heavy (non-hydrogen) atoms. The summed E-state index contributed by atoms with van der Waals surface area (Å²) in [6.45, 7) is 3.36. The molecule has 0 fully saturated rings. The highest BCUT2D eigenvalue weighted by atomic mass is 35.5. The highest BCUT2D eigenvalue weighted by Gasteiger charge is 2.25. The van der Waals surface area contributed by atoms with E-state index in [9.17, 15) is 4.79 Å². The zero-order valence-electron chi connectivity index (χ0n) is 12.8. The van der Waals surface area contributed by atoms with E-state index in [1.165, 1.54) is 11.1 Å². The number of aliphatic imine (C=N–C) groups is 1. The van der Waals surface area contributed by atoms with Crippen LogP contribution in [0.15, 0.2) is 53.5 Å². The number of aryl methyl sites for hydroxylation is 1. The molecule has 1 aliphatic heterocycles. The van der Waals surface area contributed by atoms with E-state index in [-0.39, 0.29) is 5.91 Å². The minimum Gasteiger partial charge on any atom is -0.286 e. The van der Waals surface area contributed by atoms with Gasteiger partial charge in [-0.3, -0.25) is 14.7 Å². The molecule has 1 aliphatic rings. The molecule has 1 heterocycles. The normalized spacial score (nSPS) is 14.0. The standard InChI is InChI=1S/C18H17ClN2OS/c1-13-4-2-5-14(10-13)12-23-18-20-8-9-21(18)17(22)15-6-3-7-16(19)11-15/h2-7,10-11H,8-9,12H2,1H3. The Balaban J connectivity index is 1.69. The van der Waals surface area contributed by atoms with Crippen LogP contribution in [0.2, 0.25) is 5.02 Å². The van der Waals surface area contributed by atoms with E-state index in [4.69, 9.17) is 11.6 Å². The smallest absolute Gasteiger partial charge is 0.259 e. The van der Waals surface area contributed by atoms with Gasteiger partial charge >= 0.3 is 0 Å². The Morgan fingerprint density at radius 3 is 2.87 bits per heavy atom. The van der Waals surface area contributed by atoms with Crippen LogP contribution < -0.4 is 0 Å². The number of halogens is 1. The molecule has 0 unspecified atom stereocenters. The van der Waals surface area contributed by atoms with Crippen molar-refractivity contribution in [2.24, 2.45) is 4.99 Å². The molecule has 118 valence electrons. The van der Waals surface area contributed by atoms with Crippen LogP contribution in [0.3, 0.4) is 0 Å². The Labute approximate surface area is 145 Å². The van der Waals surface area contributed by atoms with Gasteiger partial charge in [0.05, 0.1) is 6.54 Å². The number of hydrogen-bond acceptors (Lipinski definition) is 3. The van der Waals surface area contributed by atoms with Crippen molar-refractivity contribution in [2.75, 3.05) is 13.1 Å². The number of benzene rings is 2. The number of carbonyl (C=O) groups is 1. The maximum absolute atomic E-state index is 12.6. The molecule has 1 amide bonds. The number of thioether (sulfide) groups is 1. The van der Waals surface area contributed by atoms with Gasteiger partial charge in [-0.2, -0.15) is 0 Å². The summed E-state index contributed by atoms with van der Waals surface area (Å²) in [5, 5.41) is 1.36. The summed E-state index contributed by atoms with van der Waals surface area (Å²) in [5.41, 5.74) is 3.08. The van der Waals surface area contributed by atoms with Crippen molar-refractivity contribution in [3.8, 4) is 0 Å². The van der Waals surface area contributed by atoms with Crippen LogP contribution in [-0.2, 0) is 5.75 Å². The van der Waals surface area contributed by atoms with Gasteiger partial charge < -0.3 is 0 Å². The van der Waals surface area contributed by atoms with E-state index >= 15 is 0 Å². The summed E-state index contributed by atoms with van der Waals surface area (Å²) >= 11 is 7.59. The van der Waals surface area contributed by atoms with Gasteiger partial charge in [0.25, 0.3) is 5.91 Å². The van der Waals surface area contributed by atoms with Crippen molar-refractivity contribution in [3.05, 3.63) is 70.2 Å². The monoisotopic (exact) mass is 344 g/mol. The topological polar surface area (TPSA) is 32.7 Å². The first-order valence-electron chi connectivity index (χ1n) is 7.44. The molecular weight excluding hydrogens is 328 g/mol. The van der Waals surface area contributed by atoms with Crippen LogP contribution in [0.5, 0.6) is 0 Å². The quantitative estimate of drug-likeness (QED) is 0.827. The largest absolute Gasteiger partial charge is 0.286 e.